The first-order chi connectivity index (χ1) is 13.4. The van der Waals surface area contributed by atoms with Crippen LogP contribution >= 0.6 is 22.9 Å². The van der Waals surface area contributed by atoms with Crippen LogP contribution in [0.5, 0.6) is 0 Å². The second kappa shape index (κ2) is 7.59. The molecule has 0 aromatic carbocycles. The maximum Gasteiger partial charge on any atom is 0.322 e. The van der Waals surface area contributed by atoms with E-state index in [0.29, 0.717) is 22.9 Å². The fourth-order valence-corrected chi connectivity index (χ4v) is 6.17. The van der Waals surface area contributed by atoms with Crippen molar-refractivity contribution >= 4 is 44.9 Å². The summed E-state index contributed by atoms with van der Waals surface area (Å²) >= 11 is 6.81. The average molecular weight is 440 g/mol. The number of nitrogens with one attached hydrogen (secondary N) is 1. The molecule has 1 amide bonds. The van der Waals surface area contributed by atoms with Gasteiger partial charge in [-0.3, -0.25) is 15.1 Å². The second-order valence-electron chi connectivity index (χ2n) is 5.95. The van der Waals surface area contributed by atoms with Gasteiger partial charge in [-0.2, -0.15) is 4.31 Å². The van der Waals surface area contributed by atoms with Gasteiger partial charge in [0.2, 0.25) is 5.91 Å². The average Bonchev–Trinajstić information content (AvgIpc) is 3.43. The zero-order chi connectivity index (χ0) is 19.7. The molecule has 1 aliphatic heterocycles. The van der Waals surface area contributed by atoms with Crippen molar-refractivity contribution in [2.75, 3.05) is 11.9 Å². The number of sulfonamides is 1. The Morgan fingerprint density at radius 2 is 2.14 bits per heavy atom. The Kier molecular flexibility index (Phi) is 5.15. The molecule has 1 unspecified atom stereocenters. The van der Waals surface area contributed by atoms with Gasteiger partial charge in [0.25, 0.3) is 15.9 Å². The van der Waals surface area contributed by atoms with Gasteiger partial charge in [-0.05, 0) is 37.1 Å². The van der Waals surface area contributed by atoms with Crippen LogP contribution < -0.4 is 5.32 Å². The highest BCUT2D eigenvalue weighted by Gasteiger charge is 2.40. The minimum Gasteiger partial charge on any atom is -0.401 e. The van der Waals surface area contributed by atoms with E-state index in [0.717, 1.165) is 11.3 Å². The van der Waals surface area contributed by atoms with E-state index < -0.39 is 22.0 Å². The van der Waals surface area contributed by atoms with Crippen LogP contribution in [0.1, 0.15) is 12.8 Å². The van der Waals surface area contributed by atoms with Crippen molar-refractivity contribution in [1.82, 2.24) is 19.5 Å². The summed E-state index contributed by atoms with van der Waals surface area (Å²) in [5.74, 6) is -0.375. The first-order valence-corrected chi connectivity index (χ1v) is 10.9. The molecule has 0 saturated carbocycles. The molecule has 146 valence electrons. The molecule has 3 aromatic heterocycles. The molecule has 28 heavy (non-hydrogen) atoms. The minimum absolute atomic E-state index is 0.104. The van der Waals surface area contributed by atoms with E-state index in [1.165, 1.54) is 16.4 Å². The third-order valence-electron chi connectivity index (χ3n) is 4.16. The molecule has 0 bridgehead atoms. The van der Waals surface area contributed by atoms with Gasteiger partial charge < -0.3 is 4.42 Å². The number of nitrogens with zero attached hydrogens (tertiary/aromatic N) is 4. The molecule has 1 saturated heterocycles. The van der Waals surface area contributed by atoms with Gasteiger partial charge >= 0.3 is 6.01 Å². The van der Waals surface area contributed by atoms with Gasteiger partial charge in [-0.25, -0.2) is 8.42 Å². The van der Waals surface area contributed by atoms with Gasteiger partial charge in [0.15, 0.2) is 0 Å². The first kappa shape index (κ1) is 19.0. The molecule has 1 atom stereocenters. The highest BCUT2D eigenvalue weighted by molar-refractivity contribution is 7.91. The third-order valence-corrected chi connectivity index (χ3v) is 7.76. The van der Waals surface area contributed by atoms with Crippen LogP contribution in [0.3, 0.4) is 0 Å². The van der Waals surface area contributed by atoms with Crippen LogP contribution in [0.2, 0.25) is 4.34 Å². The van der Waals surface area contributed by atoms with E-state index in [9.17, 15) is 13.2 Å². The summed E-state index contributed by atoms with van der Waals surface area (Å²) < 4.78 is 32.7. The summed E-state index contributed by atoms with van der Waals surface area (Å²) in [6.45, 7) is 0.249. The molecule has 3 aromatic rings. The van der Waals surface area contributed by atoms with E-state index in [-0.39, 0.29) is 22.7 Å². The van der Waals surface area contributed by atoms with E-state index in [2.05, 4.69) is 20.5 Å². The van der Waals surface area contributed by atoms with Crippen LogP contribution in [0.25, 0.3) is 11.6 Å². The number of pyridine rings is 1. The highest BCUT2D eigenvalue weighted by Crippen LogP contribution is 2.32. The molecular formula is C16H14ClN5O4S2. The molecule has 4 heterocycles. The molecule has 1 N–H and O–H groups in total. The van der Waals surface area contributed by atoms with Crippen molar-refractivity contribution in [3.63, 3.8) is 0 Å². The van der Waals surface area contributed by atoms with Crippen molar-refractivity contribution in [1.29, 1.82) is 0 Å². The number of carbonyl (C=O) groups excluding carboxylic acids is 1. The van der Waals surface area contributed by atoms with Crippen LogP contribution in [0, 0.1) is 0 Å². The fourth-order valence-electron chi connectivity index (χ4n) is 2.90. The smallest absolute Gasteiger partial charge is 0.322 e. The summed E-state index contributed by atoms with van der Waals surface area (Å²) in [6.07, 6.45) is 2.54. The Hall–Kier alpha value is -2.34. The Morgan fingerprint density at radius 3 is 2.86 bits per heavy atom. The topological polar surface area (TPSA) is 118 Å². The molecule has 0 spiro atoms. The van der Waals surface area contributed by atoms with Gasteiger partial charge in [0.1, 0.15) is 15.9 Å². The van der Waals surface area contributed by atoms with Gasteiger partial charge in [-0.1, -0.05) is 22.8 Å². The minimum atomic E-state index is -3.81. The van der Waals surface area contributed by atoms with Crippen molar-refractivity contribution in [2.24, 2.45) is 0 Å². The molecule has 9 nitrogen and oxygen atoms in total. The second-order valence-corrected chi connectivity index (χ2v) is 9.78. The van der Waals surface area contributed by atoms with Crippen molar-refractivity contribution in [3.8, 4) is 11.6 Å². The number of hydrogen-bond donors (Lipinski definition) is 1. The lowest BCUT2D eigenvalue weighted by Crippen LogP contribution is -2.42. The van der Waals surface area contributed by atoms with E-state index in [1.54, 1.807) is 24.4 Å². The lowest BCUT2D eigenvalue weighted by molar-refractivity contribution is -0.119. The van der Waals surface area contributed by atoms with Crippen LogP contribution in [0.4, 0.5) is 6.01 Å². The Bertz CT molecular complexity index is 1100. The standard InChI is InChI=1S/C16H14ClN5O4S2/c17-12-6-7-13(27-12)28(24,25)22-9-3-5-11(22)14(23)19-16-21-20-15(26-16)10-4-1-2-8-18-10/h1-2,4,6-8,11H,3,5,9H2,(H,19,21,23). The summed E-state index contributed by atoms with van der Waals surface area (Å²) in [4.78, 5) is 16.8. The summed E-state index contributed by atoms with van der Waals surface area (Å²) in [7, 11) is -3.81. The molecule has 0 radical (unpaired) electrons. The fraction of sp³-hybridized carbons (Fsp3) is 0.250. The zero-order valence-corrected chi connectivity index (χ0v) is 16.7. The van der Waals surface area contributed by atoms with Crippen molar-refractivity contribution < 1.29 is 17.6 Å². The van der Waals surface area contributed by atoms with Crippen molar-refractivity contribution in [3.05, 3.63) is 40.9 Å². The van der Waals surface area contributed by atoms with E-state index >= 15 is 0 Å². The Morgan fingerprint density at radius 1 is 1.29 bits per heavy atom. The lowest BCUT2D eigenvalue weighted by Gasteiger charge is -2.21. The normalized spacial score (nSPS) is 17.7. The molecule has 1 aliphatic rings. The maximum absolute atomic E-state index is 12.8. The molecular weight excluding hydrogens is 426 g/mol. The maximum atomic E-state index is 12.8. The number of rotatable bonds is 5. The van der Waals surface area contributed by atoms with Crippen LogP contribution in [-0.4, -0.2) is 46.4 Å². The number of anilines is 1. The quantitative estimate of drug-likeness (QED) is 0.649. The number of thiophene rings is 1. The summed E-state index contributed by atoms with van der Waals surface area (Å²) in [6, 6.07) is 7.18. The largest absolute Gasteiger partial charge is 0.401 e. The number of halogens is 1. The molecule has 0 aliphatic carbocycles. The number of carbonyl (C=O) groups is 1. The highest BCUT2D eigenvalue weighted by atomic mass is 35.5. The van der Waals surface area contributed by atoms with Gasteiger partial charge in [0.05, 0.1) is 4.34 Å². The predicted molar refractivity (Wildman–Crippen MR) is 102 cm³/mol. The molecule has 1 fully saturated rings. The van der Waals surface area contributed by atoms with E-state index in [4.69, 9.17) is 16.0 Å². The van der Waals surface area contributed by atoms with Gasteiger partial charge in [-0.15, -0.1) is 16.4 Å². The van der Waals surface area contributed by atoms with Crippen LogP contribution in [0.15, 0.2) is 45.2 Å². The number of aromatic nitrogens is 3. The number of amides is 1. The van der Waals surface area contributed by atoms with E-state index in [1.807, 2.05) is 0 Å². The van der Waals surface area contributed by atoms with Gasteiger partial charge in [0, 0.05) is 12.7 Å². The Balaban J connectivity index is 1.51. The monoisotopic (exact) mass is 439 g/mol. The third kappa shape index (κ3) is 3.65. The lowest BCUT2D eigenvalue weighted by atomic mass is 10.2. The van der Waals surface area contributed by atoms with Crippen molar-refractivity contribution in [2.45, 2.75) is 23.1 Å². The zero-order valence-electron chi connectivity index (χ0n) is 14.3. The predicted octanol–water partition coefficient (Wildman–Crippen LogP) is 2.64. The summed E-state index contributed by atoms with van der Waals surface area (Å²) in [5, 5.41) is 10.1. The molecule has 12 heteroatoms. The Labute approximate surface area is 169 Å². The SMILES string of the molecule is O=C(Nc1nnc(-c2ccccn2)o1)C1CCCN1S(=O)(=O)c1ccc(Cl)s1. The summed E-state index contributed by atoms with van der Waals surface area (Å²) in [5.41, 5.74) is 0.468. The number of hydrogen-bond acceptors (Lipinski definition) is 8. The molecule has 4 rings (SSSR count). The van der Waals surface area contributed by atoms with Crippen LogP contribution in [-0.2, 0) is 14.8 Å². The first-order valence-electron chi connectivity index (χ1n) is 8.28.